The number of aliphatic hydroxyl groups excluding tert-OH is 1. The van der Waals surface area contributed by atoms with Crippen LogP contribution in [0.4, 0.5) is 0 Å². The first-order valence-electron chi connectivity index (χ1n) is 10.7. The van der Waals surface area contributed by atoms with Crippen molar-refractivity contribution in [2.24, 2.45) is 0 Å². The van der Waals surface area contributed by atoms with Gasteiger partial charge in [-0.05, 0) is 61.0 Å². The largest absolute Gasteiger partial charge is 0.507 e. The van der Waals surface area contributed by atoms with E-state index in [1.54, 1.807) is 54.6 Å². The van der Waals surface area contributed by atoms with Crippen LogP contribution >= 0.6 is 0 Å². The molecule has 0 bridgehead atoms. The quantitative estimate of drug-likeness (QED) is 0.302. The summed E-state index contributed by atoms with van der Waals surface area (Å²) in [7, 11) is 3.05. The second-order valence-corrected chi connectivity index (χ2v) is 7.58. The topological polar surface area (TPSA) is 98.4 Å². The maximum atomic E-state index is 13.2. The van der Waals surface area contributed by atoms with Gasteiger partial charge in [0.15, 0.2) is 11.5 Å². The Labute approximate surface area is 197 Å². The maximum absolute atomic E-state index is 13.2. The number of Topliss-reactive ketones (excluding diaryl/α,β-unsaturated/α-hetero) is 1. The number of furan rings is 1. The second kappa shape index (κ2) is 9.74. The molecule has 8 heteroatoms. The minimum absolute atomic E-state index is 0.0204. The highest BCUT2D eigenvalue weighted by atomic mass is 16.5. The summed E-state index contributed by atoms with van der Waals surface area (Å²) < 4.78 is 21.7. The number of carbonyl (C=O) groups excluding carboxylic acids is 2. The van der Waals surface area contributed by atoms with E-state index in [1.165, 1.54) is 25.4 Å². The molecule has 0 radical (unpaired) electrons. The van der Waals surface area contributed by atoms with E-state index < -0.39 is 17.7 Å². The van der Waals surface area contributed by atoms with Crippen molar-refractivity contribution in [3.63, 3.8) is 0 Å². The van der Waals surface area contributed by atoms with Gasteiger partial charge in [0, 0.05) is 5.56 Å². The lowest BCUT2D eigenvalue weighted by atomic mass is 9.95. The van der Waals surface area contributed by atoms with Gasteiger partial charge in [-0.1, -0.05) is 6.07 Å². The van der Waals surface area contributed by atoms with Crippen LogP contribution in [0.5, 0.6) is 17.2 Å². The summed E-state index contributed by atoms with van der Waals surface area (Å²) in [5, 5.41) is 11.2. The first-order chi connectivity index (χ1) is 16.5. The fourth-order valence-electron chi connectivity index (χ4n) is 3.99. The SMILES string of the molecule is CCOc1ccc(C2C(=C(O)c3ccc(OC)cc3)C(=O)C(=O)N2Cc2ccco2)cc1OC. The van der Waals surface area contributed by atoms with E-state index in [-0.39, 0.29) is 17.9 Å². The molecule has 2 heterocycles. The Balaban J connectivity index is 1.86. The van der Waals surface area contributed by atoms with Gasteiger partial charge in [-0.25, -0.2) is 0 Å². The van der Waals surface area contributed by atoms with E-state index in [9.17, 15) is 14.7 Å². The van der Waals surface area contributed by atoms with Gasteiger partial charge in [-0.3, -0.25) is 9.59 Å². The molecule has 8 nitrogen and oxygen atoms in total. The third-order valence-corrected chi connectivity index (χ3v) is 5.61. The van der Waals surface area contributed by atoms with Crippen molar-refractivity contribution in [2.75, 3.05) is 20.8 Å². The van der Waals surface area contributed by atoms with Gasteiger partial charge in [-0.2, -0.15) is 0 Å². The van der Waals surface area contributed by atoms with Crippen LogP contribution in [0, 0.1) is 0 Å². The molecule has 1 fully saturated rings. The molecule has 34 heavy (non-hydrogen) atoms. The average molecular weight is 463 g/mol. The number of nitrogens with zero attached hydrogens (tertiary/aromatic N) is 1. The number of rotatable bonds is 8. The summed E-state index contributed by atoms with van der Waals surface area (Å²) in [5.74, 6) is 0.305. The van der Waals surface area contributed by atoms with Gasteiger partial charge in [-0.15, -0.1) is 0 Å². The zero-order chi connectivity index (χ0) is 24.2. The number of benzene rings is 2. The van der Waals surface area contributed by atoms with Crippen molar-refractivity contribution in [1.29, 1.82) is 0 Å². The van der Waals surface area contributed by atoms with Crippen LogP contribution in [-0.2, 0) is 16.1 Å². The van der Waals surface area contributed by atoms with E-state index >= 15 is 0 Å². The Morgan fingerprint density at radius 3 is 2.41 bits per heavy atom. The standard InChI is InChI=1S/C26H25NO7/c1-4-33-20-12-9-17(14-21(20)32-3)23-22(24(28)16-7-10-18(31-2)11-8-16)25(29)26(30)27(23)15-19-6-5-13-34-19/h5-14,23,28H,4,15H2,1-3H3. The third kappa shape index (κ3) is 4.22. The number of hydrogen-bond donors (Lipinski definition) is 1. The monoisotopic (exact) mass is 463 g/mol. The van der Waals surface area contributed by atoms with Crippen molar-refractivity contribution in [2.45, 2.75) is 19.5 Å². The van der Waals surface area contributed by atoms with Crippen molar-refractivity contribution in [3.05, 3.63) is 83.3 Å². The zero-order valence-electron chi connectivity index (χ0n) is 19.1. The Bertz CT molecular complexity index is 1210. The lowest BCUT2D eigenvalue weighted by Crippen LogP contribution is -2.29. The Morgan fingerprint density at radius 2 is 1.79 bits per heavy atom. The first kappa shape index (κ1) is 23.0. The molecule has 176 valence electrons. The highest BCUT2D eigenvalue weighted by Gasteiger charge is 2.46. The van der Waals surface area contributed by atoms with Crippen molar-refractivity contribution < 1.29 is 33.3 Å². The minimum atomic E-state index is -0.864. The highest BCUT2D eigenvalue weighted by Crippen LogP contribution is 2.42. The summed E-state index contributed by atoms with van der Waals surface area (Å²) in [6.45, 7) is 2.36. The number of aliphatic hydroxyl groups is 1. The number of methoxy groups -OCH3 is 2. The molecule has 2 aromatic carbocycles. The first-order valence-corrected chi connectivity index (χ1v) is 10.7. The van der Waals surface area contributed by atoms with Gasteiger partial charge < -0.3 is 28.6 Å². The average Bonchev–Trinajstić information content (AvgIpc) is 3.46. The van der Waals surface area contributed by atoms with E-state index in [1.807, 2.05) is 6.92 Å². The van der Waals surface area contributed by atoms with Crippen LogP contribution in [0.3, 0.4) is 0 Å². The molecule has 0 aliphatic carbocycles. The summed E-state index contributed by atoms with van der Waals surface area (Å²) in [6.07, 6.45) is 1.50. The fourth-order valence-corrected chi connectivity index (χ4v) is 3.99. The second-order valence-electron chi connectivity index (χ2n) is 7.58. The molecular formula is C26H25NO7. The number of ether oxygens (including phenoxy) is 3. The molecule has 4 rings (SSSR count). The van der Waals surface area contributed by atoms with E-state index in [0.717, 1.165) is 0 Å². The molecule has 1 aliphatic heterocycles. The molecule has 1 saturated heterocycles. The predicted octanol–water partition coefficient (Wildman–Crippen LogP) is 4.32. The molecule has 0 saturated carbocycles. The van der Waals surface area contributed by atoms with Crippen molar-refractivity contribution in [1.82, 2.24) is 4.90 Å². The number of ketones is 1. The predicted molar refractivity (Wildman–Crippen MR) is 124 cm³/mol. The molecule has 0 spiro atoms. The number of hydrogen-bond acceptors (Lipinski definition) is 7. The number of amides is 1. The van der Waals surface area contributed by atoms with Crippen LogP contribution in [-0.4, -0.2) is 42.5 Å². The Kier molecular flexibility index (Phi) is 6.58. The molecule has 1 unspecified atom stereocenters. The zero-order valence-corrected chi connectivity index (χ0v) is 19.1. The summed E-state index contributed by atoms with van der Waals surface area (Å²) in [4.78, 5) is 27.6. The minimum Gasteiger partial charge on any atom is -0.507 e. The van der Waals surface area contributed by atoms with Crippen LogP contribution in [0.2, 0.25) is 0 Å². The van der Waals surface area contributed by atoms with Gasteiger partial charge in [0.1, 0.15) is 17.3 Å². The van der Waals surface area contributed by atoms with Crippen LogP contribution in [0.25, 0.3) is 5.76 Å². The maximum Gasteiger partial charge on any atom is 0.296 e. The molecule has 1 N–H and O–H groups in total. The lowest BCUT2D eigenvalue weighted by molar-refractivity contribution is -0.140. The third-order valence-electron chi connectivity index (χ3n) is 5.61. The van der Waals surface area contributed by atoms with Gasteiger partial charge in [0.2, 0.25) is 0 Å². The summed E-state index contributed by atoms with van der Waals surface area (Å²) >= 11 is 0. The molecule has 1 aliphatic rings. The Morgan fingerprint density at radius 1 is 1.03 bits per heavy atom. The van der Waals surface area contributed by atoms with Crippen molar-refractivity contribution >= 4 is 17.4 Å². The van der Waals surface area contributed by atoms with E-state index in [4.69, 9.17) is 18.6 Å². The van der Waals surface area contributed by atoms with E-state index in [2.05, 4.69) is 0 Å². The van der Waals surface area contributed by atoms with E-state index in [0.29, 0.717) is 40.7 Å². The molecule has 1 atom stereocenters. The molecule has 1 amide bonds. The Hall–Kier alpha value is -4.20. The van der Waals surface area contributed by atoms with Crippen LogP contribution < -0.4 is 14.2 Å². The smallest absolute Gasteiger partial charge is 0.296 e. The molecule has 3 aromatic rings. The van der Waals surface area contributed by atoms with Gasteiger partial charge in [0.25, 0.3) is 11.7 Å². The normalized spacial score (nSPS) is 17.1. The van der Waals surface area contributed by atoms with Crippen LogP contribution in [0.1, 0.15) is 29.9 Å². The number of carbonyl (C=O) groups is 2. The highest BCUT2D eigenvalue weighted by molar-refractivity contribution is 6.46. The lowest BCUT2D eigenvalue weighted by Gasteiger charge is -2.25. The number of likely N-dealkylation sites (tertiary alicyclic amines) is 1. The molecular weight excluding hydrogens is 438 g/mol. The summed E-state index contributed by atoms with van der Waals surface area (Å²) in [6, 6.07) is 14.3. The summed E-state index contributed by atoms with van der Waals surface area (Å²) in [5.41, 5.74) is 0.953. The van der Waals surface area contributed by atoms with Crippen molar-refractivity contribution in [3.8, 4) is 17.2 Å². The van der Waals surface area contributed by atoms with Gasteiger partial charge in [0.05, 0.1) is 45.2 Å². The van der Waals surface area contributed by atoms with Crippen LogP contribution in [0.15, 0.2) is 70.9 Å². The molecule has 1 aromatic heterocycles. The van der Waals surface area contributed by atoms with Gasteiger partial charge >= 0.3 is 0 Å². The fraction of sp³-hybridized carbons (Fsp3) is 0.231.